The van der Waals surface area contributed by atoms with E-state index in [2.05, 4.69) is 70.5 Å². The Morgan fingerprint density at radius 2 is 1.32 bits per heavy atom. The first-order valence-corrected chi connectivity index (χ1v) is 8.27. The van der Waals surface area contributed by atoms with Crippen LogP contribution in [-0.4, -0.2) is 0 Å². The van der Waals surface area contributed by atoms with Gasteiger partial charge in [-0.05, 0) is 55.2 Å². The number of hydrogen-bond donors (Lipinski definition) is 0. The average Bonchev–Trinajstić information content (AvgIpc) is 2.56. The third-order valence-electron chi connectivity index (χ3n) is 3.99. The molecule has 0 aliphatic rings. The maximum Gasteiger partial charge on any atom is 0.0412 e. The summed E-state index contributed by atoms with van der Waals surface area (Å²) in [4.78, 5) is 0. The molecule has 0 N–H and O–H groups in total. The molecule has 22 heavy (non-hydrogen) atoms. The second-order valence-corrected chi connectivity index (χ2v) is 6.52. The van der Waals surface area contributed by atoms with E-state index in [1.54, 1.807) is 0 Å². The van der Waals surface area contributed by atoms with E-state index in [9.17, 15) is 0 Å². The lowest BCUT2D eigenvalue weighted by molar-refractivity contribution is 1.64. The number of rotatable bonds is 1. The first kappa shape index (κ1) is 13.8. The Balaban J connectivity index is 2.25. The summed E-state index contributed by atoms with van der Waals surface area (Å²) in [5.74, 6) is 0. The zero-order valence-corrected chi connectivity index (χ0v) is 14.0. The lowest BCUT2D eigenvalue weighted by Gasteiger charge is -2.14. The summed E-state index contributed by atoms with van der Waals surface area (Å²) in [6, 6.07) is 25.0. The maximum atomic E-state index is 6.21. The van der Waals surface area contributed by atoms with Crippen molar-refractivity contribution in [2.75, 3.05) is 0 Å². The fraction of sp³-hybridized carbons (Fsp3) is 0. The molecule has 0 spiro atoms. The number of hydrogen-bond acceptors (Lipinski definition) is 0. The van der Waals surface area contributed by atoms with Gasteiger partial charge in [-0.1, -0.05) is 72.3 Å². The largest absolute Gasteiger partial charge is 0.0843 e. The second-order valence-electron chi connectivity index (χ2n) is 5.29. The minimum atomic E-state index is 0.761. The highest BCUT2D eigenvalue weighted by atomic mass is 79.9. The normalized spacial score (nSPS) is 11.2. The van der Waals surface area contributed by atoms with Gasteiger partial charge in [0.1, 0.15) is 0 Å². The summed E-state index contributed by atoms with van der Waals surface area (Å²) < 4.78 is 1.11. The van der Waals surface area contributed by atoms with Crippen LogP contribution in [0.15, 0.2) is 77.3 Å². The first-order chi connectivity index (χ1) is 10.8. The summed E-state index contributed by atoms with van der Waals surface area (Å²) in [5.41, 5.74) is 2.44. The number of fused-ring (bicyclic) bond motifs is 3. The van der Waals surface area contributed by atoms with E-state index in [4.69, 9.17) is 11.6 Å². The van der Waals surface area contributed by atoms with Gasteiger partial charge in [-0.3, -0.25) is 0 Å². The zero-order valence-electron chi connectivity index (χ0n) is 11.7. The second kappa shape index (κ2) is 5.42. The van der Waals surface area contributed by atoms with E-state index in [0.29, 0.717) is 0 Å². The van der Waals surface area contributed by atoms with Crippen molar-refractivity contribution < 1.29 is 0 Å². The molecule has 4 aromatic rings. The van der Waals surface area contributed by atoms with Crippen molar-refractivity contribution in [2.45, 2.75) is 0 Å². The van der Waals surface area contributed by atoms with E-state index in [-0.39, 0.29) is 0 Å². The number of benzene rings is 4. The molecule has 0 atom stereocenters. The molecule has 0 saturated carbocycles. The van der Waals surface area contributed by atoms with Crippen molar-refractivity contribution in [2.24, 2.45) is 0 Å². The Morgan fingerprint density at radius 1 is 0.636 bits per heavy atom. The quantitative estimate of drug-likeness (QED) is 0.315. The smallest absolute Gasteiger partial charge is 0.0412 e. The van der Waals surface area contributed by atoms with Crippen LogP contribution >= 0.6 is 27.5 Å². The third-order valence-corrected chi connectivity index (χ3v) is 5.05. The Labute approximate surface area is 142 Å². The van der Waals surface area contributed by atoms with E-state index in [1.807, 2.05) is 18.2 Å². The predicted molar refractivity (Wildman–Crippen MR) is 99.6 cm³/mol. The molecule has 0 saturated heterocycles. The van der Waals surface area contributed by atoms with Crippen LogP contribution in [0.4, 0.5) is 0 Å². The summed E-state index contributed by atoms with van der Waals surface area (Å²) in [7, 11) is 0. The highest BCUT2D eigenvalue weighted by molar-refractivity contribution is 9.10. The number of halogens is 2. The van der Waals surface area contributed by atoms with Crippen LogP contribution in [0.3, 0.4) is 0 Å². The third kappa shape index (κ3) is 2.13. The Kier molecular flexibility index (Phi) is 3.40. The summed E-state index contributed by atoms with van der Waals surface area (Å²) in [5, 5.41) is 5.58. The first-order valence-electron chi connectivity index (χ1n) is 7.10. The molecule has 4 rings (SSSR count). The highest BCUT2D eigenvalue weighted by Gasteiger charge is 2.13. The van der Waals surface area contributed by atoms with Crippen LogP contribution in [0, 0.1) is 0 Å². The van der Waals surface area contributed by atoms with Crippen LogP contribution in [0.1, 0.15) is 0 Å². The predicted octanol–water partition coefficient (Wildman–Crippen LogP) is 7.08. The lowest BCUT2D eigenvalue weighted by atomic mass is 9.93. The fourth-order valence-electron chi connectivity index (χ4n) is 3.01. The SMILES string of the molecule is Clc1ccc2c(Br)c(-c3ccccc3)c3ccccc3c2c1. The van der Waals surface area contributed by atoms with Crippen molar-refractivity contribution in [1.29, 1.82) is 0 Å². The lowest BCUT2D eigenvalue weighted by Crippen LogP contribution is -1.87. The summed E-state index contributed by atoms with van der Waals surface area (Å²) in [6.07, 6.45) is 0. The Hall–Kier alpha value is -1.83. The van der Waals surface area contributed by atoms with Crippen molar-refractivity contribution >= 4 is 49.1 Å². The van der Waals surface area contributed by atoms with Crippen LogP contribution in [0.5, 0.6) is 0 Å². The van der Waals surface area contributed by atoms with Gasteiger partial charge in [-0.25, -0.2) is 0 Å². The van der Waals surface area contributed by atoms with Crippen LogP contribution < -0.4 is 0 Å². The molecule has 4 aromatic carbocycles. The van der Waals surface area contributed by atoms with Gasteiger partial charge in [0.05, 0.1) is 0 Å². The van der Waals surface area contributed by atoms with E-state index in [1.165, 1.54) is 32.7 Å². The van der Waals surface area contributed by atoms with Gasteiger partial charge in [-0.2, -0.15) is 0 Å². The molecule has 0 unspecified atom stereocenters. The highest BCUT2D eigenvalue weighted by Crippen LogP contribution is 2.42. The molecule has 0 amide bonds. The minimum Gasteiger partial charge on any atom is -0.0843 e. The standard InChI is InChI=1S/C20H12BrCl/c21-20-17-11-10-14(22)12-18(17)15-8-4-5-9-16(15)19(20)13-6-2-1-3-7-13/h1-12H. The van der Waals surface area contributed by atoms with Gasteiger partial charge in [0.15, 0.2) is 0 Å². The molecule has 0 fully saturated rings. The molecular weight excluding hydrogens is 356 g/mol. The van der Waals surface area contributed by atoms with Crippen molar-refractivity contribution in [3.8, 4) is 11.1 Å². The monoisotopic (exact) mass is 366 g/mol. The van der Waals surface area contributed by atoms with E-state index >= 15 is 0 Å². The van der Waals surface area contributed by atoms with Gasteiger partial charge in [0, 0.05) is 15.1 Å². The molecule has 0 heterocycles. The molecular formula is C20H12BrCl. The van der Waals surface area contributed by atoms with Gasteiger partial charge >= 0.3 is 0 Å². The minimum absolute atomic E-state index is 0.761. The van der Waals surface area contributed by atoms with Crippen LogP contribution in [-0.2, 0) is 0 Å². The van der Waals surface area contributed by atoms with E-state index in [0.717, 1.165) is 9.50 Å². The van der Waals surface area contributed by atoms with Crippen molar-refractivity contribution in [3.05, 3.63) is 82.3 Å². The zero-order chi connectivity index (χ0) is 15.1. The molecule has 0 aliphatic heterocycles. The fourth-order valence-corrected chi connectivity index (χ4v) is 3.97. The topological polar surface area (TPSA) is 0 Å². The van der Waals surface area contributed by atoms with Crippen molar-refractivity contribution in [3.63, 3.8) is 0 Å². The van der Waals surface area contributed by atoms with Crippen LogP contribution in [0.25, 0.3) is 32.7 Å². The van der Waals surface area contributed by atoms with Gasteiger partial charge in [0.2, 0.25) is 0 Å². The average molecular weight is 368 g/mol. The summed E-state index contributed by atoms with van der Waals surface area (Å²) in [6.45, 7) is 0. The van der Waals surface area contributed by atoms with Crippen molar-refractivity contribution in [1.82, 2.24) is 0 Å². The molecule has 0 aromatic heterocycles. The Bertz CT molecular complexity index is 991. The molecule has 0 nitrogen and oxygen atoms in total. The van der Waals surface area contributed by atoms with Gasteiger partial charge < -0.3 is 0 Å². The van der Waals surface area contributed by atoms with Crippen LogP contribution in [0.2, 0.25) is 5.02 Å². The maximum absolute atomic E-state index is 6.21. The van der Waals surface area contributed by atoms with E-state index < -0.39 is 0 Å². The van der Waals surface area contributed by atoms with Gasteiger partial charge in [-0.15, -0.1) is 0 Å². The summed E-state index contributed by atoms with van der Waals surface area (Å²) >= 11 is 10.0. The molecule has 0 aliphatic carbocycles. The molecule has 106 valence electrons. The van der Waals surface area contributed by atoms with Gasteiger partial charge in [0.25, 0.3) is 0 Å². The Morgan fingerprint density at radius 3 is 2.09 bits per heavy atom. The molecule has 0 bridgehead atoms. The molecule has 0 radical (unpaired) electrons. The molecule has 2 heteroatoms.